The van der Waals surface area contributed by atoms with E-state index in [9.17, 15) is 121 Å². The minimum absolute atomic E-state index is 0.0613. The SMILES string of the molecule is O=[N+]([O-])c1cc([N+](=O)[O-])c(N(CCN(c2c([N+](=O)[O-])cc([N+](=O)[O-])cc2[N+](=O)[O-])c2c([N+](=O)[O-])cc([N+](=O)[O-])cc2[N+](=O)[O-])c2c([N+](=O)[O-])cc([N+](=O)[O-])cc2[N+](=O)[O-])c([N+](=O)[O-])c1. The number of hydrogen-bond donors (Lipinski definition) is 0. The predicted molar refractivity (Wildman–Crippen MR) is 200 cm³/mol. The quantitative estimate of drug-likeness (QED) is 0.0820. The topological polar surface area (TPSA) is 524 Å². The summed E-state index contributed by atoms with van der Waals surface area (Å²) in [5.74, 6) is 0. The van der Waals surface area contributed by atoms with Crippen LogP contribution < -0.4 is 9.80 Å². The van der Waals surface area contributed by atoms with Gasteiger partial charge in [-0.3, -0.25) is 121 Å². The molecule has 0 fully saturated rings. The van der Waals surface area contributed by atoms with Crippen molar-refractivity contribution >= 4 is 91.0 Å². The molecule has 4 aromatic rings. The highest BCUT2D eigenvalue weighted by atomic mass is 16.7. The van der Waals surface area contributed by atoms with Gasteiger partial charge in [0.25, 0.3) is 22.7 Å². The number of rotatable bonds is 19. The molecule has 0 amide bonds. The first kappa shape index (κ1) is 46.0. The summed E-state index contributed by atoms with van der Waals surface area (Å²) in [6, 6.07) is -0.491. The molecule has 0 aliphatic carbocycles. The Morgan fingerprint density at radius 3 is 0.469 bits per heavy atom. The van der Waals surface area contributed by atoms with Gasteiger partial charge in [0.05, 0.1) is 108 Å². The molecule has 330 valence electrons. The van der Waals surface area contributed by atoms with E-state index in [-0.39, 0.29) is 58.3 Å². The Bertz CT molecular complexity index is 2350. The van der Waals surface area contributed by atoms with E-state index in [4.69, 9.17) is 0 Å². The zero-order valence-electron chi connectivity index (χ0n) is 30.1. The van der Waals surface area contributed by atoms with Crippen LogP contribution in [0.5, 0.6) is 0 Å². The van der Waals surface area contributed by atoms with Gasteiger partial charge in [0, 0.05) is 13.1 Å². The van der Waals surface area contributed by atoms with E-state index >= 15 is 0 Å². The van der Waals surface area contributed by atoms with Gasteiger partial charge >= 0.3 is 45.5 Å². The normalized spacial score (nSPS) is 10.6. The maximum atomic E-state index is 12.5. The van der Waals surface area contributed by atoms with Gasteiger partial charge in [0.15, 0.2) is 22.7 Å². The van der Waals surface area contributed by atoms with Crippen molar-refractivity contribution in [3.63, 3.8) is 0 Å². The molecule has 0 N–H and O–H groups in total. The molecule has 0 aliphatic heterocycles. The van der Waals surface area contributed by atoms with Gasteiger partial charge in [-0.25, -0.2) is 0 Å². The number of hydrogen-bond acceptors (Lipinski definition) is 26. The fraction of sp³-hybridized carbons (Fsp3) is 0.0769. The molecule has 0 aromatic heterocycles. The van der Waals surface area contributed by atoms with Crippen molar-refractivity contribution in [3.8, 4) is 0 Å². The molecule has 0 spiro atoms. The smallest absolute Gasteiger partial charge is 0.306 e. The lowest BCUT2D eigenvalue weighted by Crippen LogP contribution is -2.33. The highest BCUT2D eigenvalue weighted by Gasteiger charge is 2.45. The molecular weight excluding hydrogens is 892 g/mol. The number of nitro groups is 12. The Hall–Kier alpha value is -10.7. The third kappa shape index (κ3) is 8.67. The van der Waals surface area contributed by atoms with E-state index in [1.165, 1.54) is 0 Å². The van der Waals surface area contributed by atoms with E-state index in [0.29, 0.717) is 0 Å². The molecule has 0 saturated carbocycles. The predicted octanol–water partition coefficient (Wildman–Crippen LogP) is 5.56. The fourth-order valence-corrected chi connectivity index (χ4v) is 5.87. The van der Waals surface area contributed by atoms with Crippen LogP contribution >= 0.6 is 0 Å². The Kier molecular flexibility index (Phi) is 12.4. The largest absolute Gasteiger partial charge is 0.317 e. The van der Waals surface area contributed by atoms with Gasteiger partial charge in [-0.15, -0.1) is 0 Å². The van der Waals surface area contributed by atoms with Gasteiger partial charge in [-0.2, -0.15) is 0 Å². The summed E-state index contributed by atoms with van der Waals surface area (Å²) in [5.41, 5.74) is -27.8. The molecule has 38 heteroatoms. The monoisotopic (exact) mass is 904 g/mol. The van der Waals surface area contributed by atoms with Crippen LogP contribution in [0.1, 0.15) is 0 Å². The van der Waals surface area contributed by atoms with Crippen LogP contribution in [0.3, 0.4) is 0 Å². The summed E-state index contributed by atoms with van der Waals surface area (Å²) < 4.78 is 0. The van der Waals surface area contributed by atoms with Gasteiger partial charge in [0.1, 0.15) is 0 Å². The molecule has 0 radical (unpaired) electrons. The first-order valence-corrected chi connectivity index (χ1v) is 15.7. The average molecular weight is 904 g/mol. The van der Waals surface area contributed by atoms with Gasteiger partial charge in [0.2, 0.25) is 0 Å². The summed E-state index contributed by atoms with van der Waals surface area (Å²) in [6.45, 7) is -3.73. The average Bonchev–Trinajstić information content (AvgIpc) is 3.20. The van der Waals surface area contributed by atoms with Gasteiger partial charge < -0.3 is 9.80 Å². The maximum Gasteiger partial charge on any atom is 0.306 e. The molecule has 4 aromatic carbocycles. The maximum absolute atomic E-state index is 12.5. The zero-order chi connectivity index (χ0) is 48.4. The summed E-state index contributed by atoms with van der Waals surface area (Å²) in [7, 11) is 0. The molecule has 64 heavy (non-hydrogen) atoms. The van der Waals surface area contributed by atoms with Crippen LogP contribution in [-0.4, -0.2) is 72.2 Å². The van der Waals surface area contributed by atoms with Crippen molar-refractivity contribution in [2.75, 3.05) is 22.9 Å². The molecule has 0 heterocycles. The van der Waals surface area contributed by atoms with Crippen LogP contribution in [0.2, 0.25) is 0 Å². The van der Waals surface area contributed by atoms with Crippen LogP contribution in [0, 0.1) is 121 Å². The molecule has 4 rings (SSSR count). The van der Waals surface area contributed by atoms with E-state index in [0.717, 1.165) is 0 Å². The number of benzene rings is 4. The summed E-state index contributed by atoms with van der Waals surface area (Å²) in [4.78, 5) is 127. The highest BCUT2D eigenvalue weighted by Crippen LogP contribution is 2.53. The molecule has 0 aliphatic rings. The Morgan fingerprint density at radius 1 is 0.250 bits per heavy atom. The lowest BCUT2D eigenvalue weighted by molar-refractivity contribution is -0.403. The number of nitrogens with zero attached hydrogens (tertiary/aromatic N) is 14. The van der Waals surface area contributed by atoms with E-state index in [1.807, 2.05) is 0 Å². The van der Waals surface area contributed by atoms with E-state index in [2.05, 4.69) is 0 Å². The lowest BCUT2D eigenvalue weighted by Gasteiger charge is -2.29. The van der Waals surface area contributed by atoms with Crippen molar-refractivity contribution in [1.29, 1.82) is 0 Å². The Balaban J connectivity index is 2.39. The lowest BCUT2D eigenvalue weighted by atomic mass is 10.1. The number of non-ortho nitro benzene ring substituents is 4. The first-order chi connectivity index (χ1) is 29.7. The zero-order valence-corrected chi connectivity index (χ0v) is 30.1. The summed E-state index contributed by atoms with van der Waals surface area (Å²) >= 11 is 0. The standard InChI is InChI=1S/C26H12N14O24/c41-29(42)11-3-15(33(49)50)23(16(4-11)34(51)52)27(24-17(35(53)54)5-12(30(43)44)6-18(24)36(55)56)1-2-28(25-19(37(57)58)7-13(31(45)46)8-20(25)38(59)60)26-21(39(61)62)9-14(32(47)48)10-22(26)40(63)64/h3-10H,1-2H2. The van der Waals surface area contributed by atoms with E-state index < -0.39 is 163 Å². The molecule has 0 atom stereocenters. The molecular formula is C26H12N14O24. The Labute approximate surface area is 343 Å². The number of anilines is 4. The first-order valence-electron chi connectivity index (χ1n) is 15.7. The highest BCUT2D eigenvalue weighted by molar-refractivity contribution is 5.93. The third-order valence-electron chi connectivity index (χ3n) is 8.26. The van der Waals surface area contributed by atoms with Crippen molar-refractivity contribution in [2.24, 2.45) is 0 Å². The third-order valence-corrected chi connectivity index (χ3v) is 8.26. The van der Waals surface area contributed by atoms with Gasteiger partial charge in [-0.05, 0) is 0 Å². The molecule has 0 saturated heterocycles. The van der Waals surface area contributed by atoms with Crippen LogP contribution in [-0.2, 0) is 0 Å². The minimum Gasteiger partial charge on any atom is -0.317 e. The van der Waals surface area contributed by atoms with Crippen LogP contribution in [0.4, 0.5) is 91.0 Å². The van der Waals surface area contributed by atoms with Crippen molar-refractivity contribution in [2.45, 2.75) is 0 Å². The molecule has 38 nitrogen and oxygen atoms in total. The van der Waals surface area contributed by atoms with Crippen molar-refractivity contribution in [1.82, 2.24) is 0 Å². The minimum atomic E-state index is -1.87. The fourth-order valence-electron chi connectivity index (χ4n) is 5.87. The Morgan fingerprint density at radius 2 is 0.375 bits per heavy atom. The van der Waals surface area contributed by atoms with Crippen LogP contribution in [0.15, 0.2) is 48.5 Å². The van der Waals surface area contributed by atoms with Crippen molar-refractivity contribution in [3.05, 3.63) is 170 Å². The van der Waals surface area contributed by atoms with Gasteiger partial charge in [-0.1, -0.05) is 0 Å². The van der Waals surface area contributed by atoms with Crippen LogP contribution in [0.25, 0.3) is 0 Å². The molecule has 0 bridgehead atoms. The van der Waals surface area contributed by atoms with E-state index in [1.54, 1.807) is 0 Å². The number of nitro benzene ring substituents is 12. The second-order valence-electron chi connectivity index (χ2n) is 11.7. The summed E-state index contributed by atoms with van der Waals surface area (Å²) in [6.07, 6.45) is 0. The second kappa shape index (κ2) is 17.2. The second-order valence-corrected chi connectivity index (χ2v) is 11.7. The summed E-state index contributed by atoms with van der Waals surface area (Å²) in [5, 5.41) is 147. The molecule has 0 unspecified atom stereocenters. The van der Waals surface area contributed by atoms with Crippen molar-refractivity contribution < 1.29 is 59.1 Å².